The van der Waals surface area contributed by atoms with Crippen LogP contribution in [0, 0.1) is 13.8 Å². The summed E-state index contributed by atoms with van der Waals surface area (Å²) in [4.78, 5) is 1.67. The monoisotopic (exact) mass is 335 g/mol. The molecule has 1 aliphatic rings. The summed E-state index contributed by atoms with van der Waals surface area (Å²) in [6.07, 6.45) is 3.05. The fourth-order valence-electron chi connectivity index (χ4n) is 3.05. The number of aryl methyl sites for hydroxylation is 2. The summed E-state index contributed by atoms with van der Waals surface area (Å²) in [5.41, 5.74) is 3.56. The third kappa shape index (κ3) is 2.85. The Morgan fingerprint density at radius 1 is 1.00 bits per heavy atom. The van der Waals surface area contributed by atoms with Crippen molar-refractivity contribution in [1.29, 1.82) is 0 Å². The highest BCUT2D eigenvalue weighted by molar-refractivity contribution is 7.89. The average Bonchev–Trinajstić information content (AvgIpc) is 2.87. The molecule has 0 bridgehead atoms. The van der Waals surface area contributed by atoms with Crippen LogP contribution in [0.1, 0.15) is 29.7 Å². The molecule has 0 atom stereocenters. The lowest BCUT2D eigenvalue weighted by atomic mass is 10.0. The molecule has 1 aliphatic heterocycles. The van der Waals surface area contributed by atoms with Gasteiger partial charge in [-0.25, -0.2) is 8.42 Å². The summed E-state index contributed by atoms with van der Waals surface area (Å²) in [6, 6.07) is 7.35. The van der Waals surface area contributed by atoms with Crippen LogP contribution < -0.4 is 0 Å². The van der Waals surface area contributed by atoms with Crippen LogP contribution in [-0.4, -0.2) is 25.8 Å². The molecule has 0 spiro atoms. The van der Waals surface area contributed by atoms with Gasteiger partial charge in [-0.05, 0) is 60.9 Å². The number of rotatable bonds is 3. The highest BCUT2D eigenvalue weighted by Gasteiger charge is 2.25. The maximum atomic E-state index is 12.6. The zero-order valence-electron chi connectivity index (χ0n) is 13.0. The van der Waals surface area contributed by atoms with E-state index in [1.54, 1.807) is 27.8 Å². The molecule has 5 heteroatoms. The molecule has 2 heterocycles. The van der Waals surface area contributed by atoms with Gasteiger partial charge < -0.3 is 0 Å². The Balaban J connectivity index is 1.91. The van der Waals surface area contributed by atoms with E-state index in [0.29, 0.717) is 18.0 Å². The molecule has 1 fully saturated rings. The predicted octanol–water partition coefficient (Wildman–Crippen LogP) is 4.21. The first-order chi connectivity index (χ1) is 10.5. The van der Waals surface area contributed by atoms with Crippen LogP contribution in [0.15, 0.2) is 34.5 Å². The Labute approximate surface area is 136 Å². The minimum Gasteiger partial charge on any atom is -0.207 e. The molecule has 1 aromatic heterocycles. The molecule has 0 saturated carbocycles. The van der Waals surface area contributed by atoms with Gasteiger partial charge in [0.2, 0.25) is 10.0 Å². The number of sulfonamides is 1. The smallest absolute Gasteiger partial charge is 0.207 e. The van der Waals surface area contributed by atoms with Crippen molar-refractivity contribution in [2.75, 3.05) is 13.1 Å². The Hall–Kier alpha value is -1.17. The van der Waals surface area contributed by atoms with Gasteiger partial charge in [0.05, 0.1) is 4.90 Å². The Bertz CT molecular complexity index is 735. The first-order valence-corrected chi connectivity index (χ1v) is 9.97. The Morgan fingerprint density at radius 3 is 2.18 bits per heavy atom. The number of hydrogen-bond donors (Lipinski definition) is 0. The third-order valence-electron chi connectivity index (χ3n) is 4.25. The van der Waals surface area contributed by atoms with Crippen LogP contribution in [0.25, 0.3) is 11.1 Å². The molecule has 3 rings (SSSR count). The maximum Gasteiger partial charge on any atom is 0.243 e. The molecule has 1 saturated heterocycles. The molecular weight excluding hydrogens is 314 g/mol. The molecule has 0 aliphatic carbocycles. The molecule has 3 nitrogen and oxygen atoms in total. The molecule has 0 N–H and O–H groups in total. The van der Waals surface area contributed by atoms with Crippen LogP contribution in [0.3, 0.4) is 0 Å². The van der Waals surface area contributed by atoms with Gasteiger partial charge in [-0.3, -0.25) is 0 Å². The van der Waals surface area contributed by atoms with Crippen LogP contribution in [-0.2, 0) is 10.0 Å². The first-order valence-electron chi connectivity index (χ1n) is 7.65. The largest absolute Gasteiger partial charge is 0.243 e. The van der Waals surface area contributed by atoms with E-state index in [9.17, 15) is 8.42 Å². The van der Waals surface area contributed by atoms with Crippen molar-refractivity contribution in [3.05, 3.63) is 40.1 Å². The number of nitrogens with zero attached hydrogens (tertiary/aromatic N) is 1. The first kappa shape index (κ1) is 15.7. The van der Waals surface area contributed by atoms with E-state index in [-0.39, 0.29) is 0 Å². The van der Waals surface area contributed by atoms with Crippen molar-refractivity contribution in [3.63, 3.8) is 0 Å². The summed E-state index contributed by atoms with van der Waals surface area (Å²) >= 11 is 1.73. The SMILES string of the molecule is Cc1csc(C)c1-c1ccc(S(=O)(=O)N2CCCCC2)cc1. The number of thiophene rings is 1. The van der Waals surface area contributed by atoms with E-state index in [2.05, 4.69) is 19.2 Å². The maximum absolute atomic E-state index is 12.6. The lowest BCUT2D eigenvalue weighted by molar-refractivity contribution is 0.346. The second-order valence-electron chi connectivity index (χ2n) is 5.84. The molecule has 0 unspecified atom stereocenters. The molecule has 0 amide bonds. The van der Waals surface area contributed by atoms with E-state index >= 15 is 0 Å². The molecular formula is C17H21NO2S2. The minimum atomic E-state index is -3.33. The lowest BCUT2D eigenvalue weighted by Crippen LogP contribution is -2.35. The van der Waals surface area contributed by atoms with Crippen LogP contribution >= 0.6 is 11.3 Å². The summed E-state index contributed by atoms with van der Waals surface area (Å²) in [5, 5.41) is 2.14. The zero-order chi connectivity index (χ0) is 15.7. The summed E-state index contributed by atoms with van der Waals surface area (Å²) < 4.78 is 26.9. The Morgan fingerprint density at radius 2 is 1.64 bits per heavy atom. The zero-order valence-corrected chi connectivity index (χ0v) is 14.6. The fraction of sp³-hybridized carbons (Fsp3) is 0.412. The van der Waals surface area contributed by atoms with Crippen LogP contribution in [0.2, 0.25) is 0 Å². The normalized spacial score (nSPS) is 16.8. The highest BCUT2D eigenvalue weighted by atomic mass is 32.2. The molecule has 1 aromatic carbocycles. The predicted molar refractivity (Wildman–Crippen MR) is 91.8 cm³/mol. The topological polar surface area (TPSA) is 37.4 Å². The second-order valence-corrected chi connectivity index (χ2v) is 8.86. The van der Waals surface area contributed by atoms with Crippen molar-refractivity contribution in [1.82, 2.24) is 4.31 Å². The number of benzene rings is 1. The van der Waals surface area contributed by atoms with Crippen molar-refractivity contribution >= 4 is 21.4 Å². The van der Waals surface area contributed by atoms with E-state index in [0.717, 1.165) is 24.8 Å². The van der Waals surface area contributed by atoms with Gasteiger partial charge in [0.1, 0.15) is 0 Å². The van der Waals surface area contributed by atoms with Gasteiger partial charge in [0, 0.05) is 18.0 Å². The van der Waals surface area contributed by atoms with Gasteiger partial charge in [0.15, 0.2) is 0 Å². The molecule has 0 radical (unpaired) electrons. The summed E-state index contributed by atoms with van der Waals surface area (Å²) in [6.45, 7) is 5.49. The van der Waals surface area contributed by atoms with Gasteiger partial charge >= 0.3 is 0 Å². The van der Waals surface area contributed by atoms with Crippen molar-refractivity contribution in [3.8, 4) is 11.1 Å². The quantitative estimate of drug-likeness (QED) is 0.843. The third-order valence-corrected chi connectivity index (χ3v) is 7.20. The number of piperidine rings is 1. The second kappa shape index (κ2) is 6.14. The highest BCUT2D eigenvalue weighted by Crippen LogP contribution is 2.32. The van der Waals surface area contributed by atoms with E-state index in [1.807, 2.05) is 12.1 Å². The summed E-state index contributed by atoms with van der Waals surface area (Å²) in [5.74, 6) is 0. The molecule has 118 valence electrons. The number of hydrogen-bond acceptors (Lipinski definition) is 3. The van der Waals surface area contributed by atoms with Gasteiger partial charge in [-0.15, -0.1) is 11.3 Å². The average molecular weight is 335 g/mol. The van der Waals surface area contributed by atoms with Gasteiger partial charge in [-0.2, -0.15) is 4.31 Å². The van der Waals surface area contributed by atoms with E-state index < -0.39 is 10.0 Å². The van der Waals surface area contributed by atoms with Crippen molar-refractivity contribution in [2.24, 2.45) is 0 Å². The standard InChI is InChI=1S/C17H21NO2S2/c1-13-12-21-14(2)17(13)15-6-8-16(9-7-15)22(19,20)18-10-4-3-5-11-18/h6-9,12H,3-5,10-11H2,1-2H3. The minimum absolute atomic E-state index is 0.406. The van der Waals surface area contributed by atoms with Gasteiger partial charge in [0.25, 0.3) is 0 Å². The molecule has 2 aromatic rings. The van der Waals surface area contributed by atoms with Crippen molar-refractivity contribution < 1.29 is 8.42 Å². The van der Waals surface area contributed by atoms with E-state index in [1.165, 1.54) is 16.0 Å². The van der Waals surface area contributed by atoms with Crippen molar-refractivity contribution in [2.45, 2.75) is 38.0 Å². The van der Waals surface area contributed by atoms with Crippen LogP contribution in [0.4, 0.5) is 0 Å². The lowest BCUT2D eigenvalue weighted by Gasteiger charge is -2.25. The van der Waals surface area contributed by atoms with Crippen LogP contribution in [0.5, 0.6) is 0 Å². The van der Waals surface area contributed by atoms with E-state index in [4.69, 9.17) is 0 Å². The van der Waals surface area contributed by atoms with Gasteiger partial charge in [-0.1, -0.05) is 18.6 Å². The molecule has 22 heavy (non-hydrogen) atoms. The fourth-order valence-corrected chi connectivity index (χ4v) is 5.44. The summed E-state index contributed by atoms with van der Waals surface area (Å²) in [7, 11) is -3.33. The Kier molecular flexibility index (Phi) is 4.39.